The van der Waals surface area contributed by atoms with Crippen molar-refractivity contribution >= 4 is 80.1 Å². The van der Waals surface area contributed by atoms with Gasteiger partial charge >= 0.3 is 47.8 Å². The molecule has 2 fully saturated rings. The Labute approximate surface area is 492 Å². The summed E-state index contributed by atoms with van der Waals surface area (Å²) in [4.78, 5) is 105. The zero-order valence-corrected chi connectivity index (χ0v) is 46.9. The Kier molecular flexibility index (Phi) is 23.3. The molecular formula is C62H60N4O18S. The van der Waals surface area contributed by atoms with Gasteiger partial charge in [0.25, 0.3) is 0 Å². The van der Waals surface area contributed by atoms with Gasteiger partial charge < -0.3 is 47.4 Å². The molecule has 2 saturated carbocycles. The number of ether oxygens (including phenoxy) is 10. The van der Waals surface area contributed by atoms with Crippen LogP contribution in [-0.4, -0.2) is 98.0 Å². The standard InChI is InChI=1S/C62H60N4O18S/c1-5-52(67)78-36-49(80-54(69)7-3)34-76-45-22-26-47(27-23-45)82-59(72)41-13-11-40(12-14-41)58(71)75-32-31-39-19-30-51(56-57(39)85-62(64-56)66-65-44-20-9-38(33-63)10-21-44)84-61(74)43-17-15-42(16-18-43)60(73)83-48-28-24-46(25-29-48)77-35-50(81-55(70)8-4)37-79-53(68)6-2/h5-10,19-30,40-43,49-50H,1-4,11-18,31-32,34-37H2/b66-65+. The van der Waals surface area contributed by atoms with Crippen LogP contribution in [0.3, 0.4) is 0 Å². The lowest BCUT2D eigenvalue weighted by Crippen LogP contribution is -2.30. The van der Waals surface area contributed by atoms with E-state index < -0.39 is 83.6 Å². The number of benzene rings is 4. The minimum atomic E-state index is -0.931. The van der Waals surface area contributed by atoms with Gasteiger partial charge in [-0.3, -0.25) is 19.2 Å². The van der Waals surface area contributed by atoms with Gasteiger partial charge in [0.1, 0.15) is 54.9 Å². The Morgan fingerprint density at radius 1 is 0.529 bits per heavy atom. The zero-order chi connectivity index (χ0) is 60.7. The Bertz CT molecular complexity index is 3320. The molecule has 4 aromatic carbocycles. The molecule has 2 aliphatic rings. The molecule has 22 nitrogen and oxygen atoms in total. The number of rotatable bonds is 28. The molecule has 5 aromatic rings. The van der Waals surface area contributed by atoms with E-state index in [9.17, 15) is 43.6 Å². The molecule has 0 N–H and O–H groups in total. The van der Waals surface area contributed by atoms with Gasteiger partial charge in [0.05, 0.1) is 52.3 Å². The third-order valence-electron chi connectivity index (χ3n) is 13.4. The van der Waals surface area contributed by atoms with Crippen LogP contribution in [0.25, 0.3) is 10.2 Å². The van der Waals surface area contributed by atoms with Crippen molar-refractivity contribution in [2.75, 3.05) is 33.0 Å². The first-order valence-electron chi connectivity index (χ1n) is 27.0. The van der Waals surface area contributed by atoms with Crippen molar-refractivity contribution in [2.45, 2.75) is 70.0 Å². The van der Waals surface area contributed by atoms with Crippen molar-refractivity contribution in [2.24, 2.45) is 33.9 Å². The number of fused-ring (bicyclic) bond motifs is 1. The van der Waals surface area contributed by atoms with Gasteiger partial charge in [0, 0.05) is 30.7 Å². The summed E-state index contributed by atoms with van der Waals surface area (Å²) >= 11 is 1.21. The minimum absolute atomic E-state index is 0.0263. The van der Waals surface area contributed by atoms with E-state index in [2.05, 4.69) is 47.6 Å². The number of esters is 8. The van der Waals surface area contributed by atoms with Crippen molar-refractivity contribution in [1.29, 1.82) is 5.26 Å². The predicted molar refractivity (Wildman–Crippen MR) is 304 cm³/mol. The van der Waals surface area contributed by atoms with Crippen molar-refractivity contribution in [3.05, 3.63) is 147 Å². The number of hydrogen-bond donors (Lipinski definition) is 0. The summed E-state index contributed by atoms with van der Waals surface area (Å²) < 4.78 is 55.5. The van der Waals surface area contributed by atoms with Crippen LogP contribution in [0.2, 0.25) is 0 Å². The average molecular weight is 1180 g/mol. The lowest BCUT2D eigenvalue weighted by molar-refractivity contribution is -0.154. The number of nitriles is 1. The largest absolute Gasteiger partial charge is 0.490 e. The highest BCUT2D eigenvalue weighted by molar-refractivity contribution is 7.22. The molecule has 23 heteroatoms. The topological polar surface area (TPSA) is 290 Å². The van der Waals surface area contributed by atoms with Gasteiger partial charge in [0.15, 0.2) is 18.0 Å². The summed E-state index contributed by atoms with van der Waals surface area (Å²) in [5.74, 6) is -5.01. The van der Waals surface area contributed by atoms with Crippen molar-refractivity contribution < 1.29 is 85.7 Å². The molecule has 2 unspecified atom stereocenters. The maximum absolute atomic E-state index is 13.8. The lowest BCUT2D eigenvalue weighted by Gasteiger charge is -2.26. The maximum atomic E-state index is 13.8. The van der Waals surface area contributed by atoms with Crippen LogP contribution in [0.4, 0.5) is 10.8 Å². The second-order valence-electron chi connectivity index (χ2n) is 19.3. The third kappa shape index (κ3) is 19.1. The first kappa shape index (κ1) is 62.8. The first-order chi connectivity index (χ1) is 41.1. The summed E-state index contributed by atoms with van der Waals surface area (Å²) in [6.07, 6.45) is 5.44. The molecule has 2 aliphatic carbocycles. The normalized spacial score (nSPS) is 17.0. The van der Waals surface area contributed by atoms with Crippen LogP contribution in [-0.2, 0) is 68.5 Å². The van der Waals surface area contributed by atoms with Gasteiger partial charge in [-0.1, -0.05) is 43.7 Å². The van der Waals surface area contributed by atoms with Crippen LogP contribution < -0.4 is 23.7 Å². The summed E-state index contributed by atoms with van der Waals surface area (Å²) in [6, 6.07) is 24.4. The number of aromatic nitrogens is 1. The quantitative estimate of drug-likeness (QED) is 0.0148. The van der Waals surface area contributed by atoms with Crippen LogP contribution in [0, 0.1) is 35.0 Å². The van der Waals surface area contributed by atoms with E-state index in [4.69, 9.17) is 47.4 Å². The molecule has 0 amide bonds. The number of hydrogen-bond acceptors (Lipinski definition) is 23. The fraction of sp³-hybridized carbons (Fsp3) is 0.323. The van der Waals surface area contributed by atoms with Gasteiger partial charge in [-0.05, 0) is 136 Å². The first-order valence-corrected chi connectivity index (χ1v) is 27.8. The predicted octanol–water partition coefficient (Wildman–Crippen LogP) is 9.81. The summed E-state index contributed by atoms with van der Waals surface area (Å²) in [6.45, 7) is 12.6. The highest BCUT2D eigenvalue weighted by Gasteiger charge is 2.34. The second-order valence-corrected chi connectivity index (χ2v) is 20.3. The number of carbonyl (C=O) groups is 8. The monoisotopic (exact) mass is 1180 g/mol. The molecule has 0 spiro atoms. The molecule has 0 saturated heterocycles. The van der Waals surface area contributed by atoms with E-state index in [1.54, 1.807) is 84.9 Å². The summed E-state index contributed by atoms with van der Waals surface area (Å²) in [5, 5.41) is 18.1. The van der Waals surface area contributed by atoms with Crippen molar-refractivity contribution in [1.82, 2.24) is 4.98 Å². The molecule has 7 rings (SSSR count). The SMILES string of the molecule is C=CC(=O)OCC(COc1ccc(OC(=O)C2CCC(C(=O)OCCc3ccc(OC(=O)C4CCC(C(=O)Oc5ccc(OCC(COC(=O)C=C)OC(=O)C=C)cc5)CC4)c4nc(/N=N/c5ccc(C#N)cc5)sc34)CC2)cc1)OC(=O)C=C. The molecule has 1 aromatic heterocycles. The summed E-state index contributed by atoms with van der Waals surface area (Å²) in [7, 11) is 0. The smallest absolute Gasteiger partial charge is 0.330 e. The van der Waals surface area contributed by atoms with Crippen LogP contribution >= 0.6 is 11.3 Å². The molecule has 0 aliphatic heterocycles. The molecular weight excluding hydrogens is 1120 g/mol. The highest BCUT2D eigenvalue weighted by Crippen LogP contribution is 2.39. The van der Waals surface area contributed by atoms with Gasteiger partial charge in [0.2, 0.25) is 5.13 Å². The molecule has 0 radical (unpaired) electrons. The van der Waals surface area contributed by atoms with Crippen LogP contribution in [0.15, 0.2) is 146 Å². The minimum Gasteiger partial charge on any atom is -0.490 e. The molecule has 2 atom stereocenters. The van der Waals surface area contributed by atoms with Gasteiger partial charge in [-0.2, -0.15) is 5.26 Å². The Morgan fingerprint density at radius 2 is 0.965 bits per heavy atom. The van der Waals surface area contributed by atoms with Gasteiger partial charge in [-0.15, -0.1) is 10.2 Å². The van der Waals surface area contributed by atoms with Crippen molar-refractivity contribution in [3.8, 4) is 34.8 Å². The molecule has 1 heterocycles. The average Bonchev–Trinajstić information content (AvgIpc) is 3.21. The third-order valence-corrected chi connectivity index (χ3v) is 14.5. The van der Waals surface area contributed by atoms with Crippen LogP contribution in [0.5, 0.6) is 28.7 Å². The maximum Gasteiger partial charge on any atom is 0.330 e. The van der Waals surface area contributed by atoms with Crippen molar-refractivity contribution in [3.63, 3.8) is 0 Å². The van der Waals surface area contributed by atoms with E-state index in [-0.39, 0.29) is 61.8 Å². The van der Waals surface area contributed by atoms with E-state index >= 15 is 0 Å². The zero-order valence-electron chi connectivity index (χ0n) is 46.1. The highest BCUT2D eigenvalue weighted by atomic mass is 32.1. The lowest BCUT2D eigenvalue weighted by atomic mass is 9.82. The van der Waals surface area contributed by atoms with E-state index in [0.717, 1.165) is 29.9 Å². The Morgan fingerprint density at radius 3 is 1.41 bits per heavy atom. The van der Waals surface area contributed by atoms with E-state index in [1.165, 1.54) is 11.3 Å². The Hall–Kier alpha value is -9.82. The fourth-order valence-corrected chi connectivity index (χ4v) is 9.81. The number of azo groups is 1. The second kappa shape index (κ2) is 31.6. The van der Waals surface area contributed by atoms with E-state index in [1.807, 2.05) is 0 Å². The number of thiazole rings is 1. The molecule has 85 heavy (non-hydrogen) atoms. The van der Waals surface area contributed by atoms with Crippen LogP contribution in [0.1, 0.15) is 62.5 Å². The summed E-state index contributed by atoms with van der Waals surface area (Å²) in [5.41, 5.74) is 2.05. The number of nitrogens with zero attached hydrogens (tertiary/aromatic N) is 4. The van der Waals surface area contributed by atoms with Gasteiger partial charge in [-0.25, -0.2) is 24.2 Å². The fourth-order valence-electron chi connectivity index (χ4n) is 8.86. The number of carbonyl (C=O) groups excluding carboxylic acids is 8. The van der Waals surface area contributed by atoms with E-state index in [0.29, 0.717) is 84.3 Å². The molecule has 0 bridgehead atoms. The Balaban J connectivity index is 0.890. The molecule has 442 valence electrons.